The van der Waals surface area contributed by atoms with Crippen LogP contribution in [-0.2, 0) is 14.3 Å². The summed E-state index contributed by atoms with van der Waals surface area (Å²) in [6.45, 7) is 3.80. The maximum atomic E-state index is 13.1. The molecule has 0 radical (unpaired) electrons. The fraction of sp³-hybridized carbons (Fsp3) is 0.881. The highest BCUT2D eigenvalue weighted by Crippen LogP contribution is 2.23. The number of aliphatic hydroxyl groups excluding tert-OH is 5. The van der Waals surface area contributed by atoms with E-state index in [0.717, 1.165) is 44.9 Å². The topological polar surface area (TPSA) is 149 Å². The van der Waals surface area contributed by atoms with Crippen LogP contribution in [0.4, 0.5) is 0 Å². The van der Waals surface area contributed by atoms with Crippen molar-refractivity contribution in [3.05, 3.63) is 36.5 Å². The third-order valence-electron chi connectivity index (χ3n) is 14.0. The summed E-state index contributed by atoms with van der Waals surface area (Å²) in [7, 11) is 0. The van der Waals surface area contributed by atoms with Crippen LogP contribution in [0.5, 0.6) is 0 Å². The number of ether oxygens (including phenoxy) is 2. The normalized spacial score (nSPS) is 19.8. The van der Waals surface area contributed by atoms with E-state index < -0.39 is 49.5 Å². The summed E-state index contributed by atoms with van der Waals surface area (Å²) in [6, 6.07) is -0.804. The molecule has 1 saturated heterocycles. The lowest BCUT2D eigenvalue weighted by atomic mass is 9.99. The molecule has 1 aliphatic rings. The Balaban J connectivity index is 2.20. The van der Waals surface area contributed by atoms with E-state index in [1.165, 1.54) is 212 Å². The molecule has 1 heterocycles. The van der Waals surface area contributed by atoms with E-state index in [4.69, 9.17) is 9.47 Å². The smallest absolute Gasteiger partial charge is 0.220 e. The third-order valence-corrected chi connectivity index (χ3v) is 14.0. The quantitative estimate of drug-likeness (QED) is 0.0261. The number of hydrogen-bond donors (Lipinski definition) is 6. The maximum Gasteiger partial charge on any atom is 0.220 e. The summed E-state index contributed by atoms with van der Waals surface area (Å²) in [5.74, 6) is -0.174. The number of carbonyl (C=O) groups excluding carboxylic acids is 1. The predicted octanol–water partition coefficient (Wildman–Crippen LogP) is 14.4. The number of hydrogen-bond acceptors (Lipinski definition) is 8. The number of unbranched alkanes of at least 4 members (excludes halogenated alkanes) is 36. The van der Waals surface area contributed by atoms with Gasteiger partial charge in [0, 0.05) is 6.42 Å². The van der Waals surface area contributed by atoms with Crippen LogP contribution in [0.25, 0.3) is 0 Å². The van der Waals surface area contributed by atoms with Crippen LogP contribution in [0.15, 0.2) is 36.5 Å². The fourth-order valence-electron chi connectivity index (χ4n) is 9.31. The van der Waals surface area contributed by atoms with E-state index in [9.17, 15) is 30.3 Å². The van der Waals surface area contributed by atoms with Crippen molar-refractivity contribution in [1.82, 2.24) is 5.32 Å². The van der Waals surface area contributed by atoms with E-state index in [2.05, 4.69) is 43.5 Å². The highest BCUT2D eigenvalue weighted by atomic mass is 16.7. The Labute approximate surface area is 419 Å². The Kier molecular flexibility index (Phi) is 46.4. The molecule has 7 unspecified atom stereocenters. The van der Waals surface area contributed by atoms with Crippen molar-refractivity contribution in [2.75, 3.05) is 13.2 Å². The molecule has 6 N–H and O–H groups in total. The highest BCUT2D eigenvalue weighted by molar-refractivity contribution is 5.76. The zero-order chi connectivity index (χ0) is 49.4. The first-order chi connectivity index (χ1) is 33.3. The second-order valence-corrected chi connectivity index (χ2v) is 20.4. The monoisotopic (exact) mass is 962 g/mol. The number of allylic oxidation sites excluding steroid dienone is 5. The van der Waals surface area contributed by atoms with Crippen molar-refractivity contribution in [2.45, 2.75) is 320 Å². The Morgan fingerprint density at radius 2 is 0.868 bits per heavy atom. The van der Waals surface area contributed by atoms with Gasteiger partial charge < -0.3 is 40.3 Å². The molecule has 0 aliphatic carbocycles. The molecule has 0 saturated carbocycles. The molecule has 9 nitrogen and oxygen atoms in total. The SMILES string of the molecule is CCCCCCC/C=C\C/C=C\CCCCCCCCCCCCCCCCCC(=O)NC(COC1OC(CO)C(O)C(O)C1O)C(O)/C=C/CCCCCCCCCCCCCCCCCC. The zero-order valence-corrected chi connectivity index (χ0v) is 44.4. The lowest BCUT2D eigenvalue weighted by Gasteiger charge is -2.40. The molecule has 0 aromatic carbocycles. The van der Waals surface area contributed by atoms with Crippen molar-refractivity contribution < 1.29 is 39.8 Å². The van der Waals surface area contributed by atoms with Gasteiger partial charge in [-0.3, -0.25) is 4.79 Å². The summed E-state index contributed by atoms with van der Waals surface area (Å²) >= 11 is 0. The van der Waals surface area contributed by atoms with Gasteiger partial charge in [-0.15, -0.1) is 0 Å². The number of carbonyl (C=O) groups is 1. The summed E-state index contributed by atoms with van der Waals surface area (Å²) in [5, 5.41) is 54.5. The molecule has 1 aliphatic heterocycles. The van der Waals surface area contributed by atoms with E-state index in [0.29, 0.717) is 6.42 Å². The minimum atomic E-state index is -1.57. The van der Waals surface area contributed by atoms with Gasteiger partial charge in [-0.1, -0.05) is 256 Å². The molecule has 1 fully saturated rings. The standard InChI is InChI=1S/C59H111NO8/c1-3-5-7-9-11-13-15-17-19-21-23-24-25-26-27-28-29-30-31-33-35-37-39-41-43-45-47-49-55(63)60-52(51-67-59-58(66)57(65)56(64)54(50-61)68-59)53(62)48-46-44-42-40-38-36-34-32-22-20-18-16-14-12-10-8-6-4-2/h15,17,21,23,46,48,52-54,56-59,61-62,64-66H,3-14,16,18-20,22,24-45,47,49-51H2,1-2H3,(H,60,63)/b17-15-,23-21-,48-46+. The van der Waals surface area contributed by atoms with Crippen molar-refractivity contribution in [3.8, 4) is 0 Å². The van der Waals surface area contributed by atoms with Crippen LogP contribution in [0.2, 0.25) is 0 Å². The lowest BCUT2D eigenvalue weighted by molar-refractivity contribution is -0.302. The van der Waals surface area contributed by atoms with Gasteiger partial charge in [-0.05, 0) is 51.4 Å². The second kappa shape index (κ2) is 49.0. The Morgan fingerprint density at radius 1 is 0.500 bits per heavy atom. The predicted molar refractivity (Wildman–Crippen MR) is 286 cm³/mol. The zero-order valence-electron chi connectivity index (χ0n) is 44.4. The lowest BCUT2D eigenvalue weighted by Crippen LogP contribution is -2.60. The van der Waals surface area contributed by atoms with Crippen LogP contribution in [-0.4, -0.2) is 87.5 Å². The van der Waals surface area contributed by atoms with E-state index in [1.807, 2.05) is 6.08 Å². The third kappa shape index (κ3) is 38.1. The first-order valence-corrected chi connectivity index (χ1v) is 29.2. The van der Waals surface area contributed by atoms with Crippen LogP contribution >= 0.6 is 0 Å². The molecular weight excluding hydrogens is 851 g/mol. The Bertz CT molecular complexity index is 1160. The average molecular weight is 963 g/mol. The summed E-state index contributed by atoms with van der Waals surface area (Å²) in [6.07, 6.45) is 56.3. The minimum Gasteiger partial charge on any atom is -0.394 e. The molecular formula is C59H111NO8. The molecule has 1 rings (SSSR count). The molecule has 0 aromatic heterocycles. The van der Waals surface area contributed by atoms with Crippen LogP contribution in [0.3, 0.4) is 0 Å². The van der Waals surface area contributed by atoms with E-state index in [-0.39, 0.29) is 12.5 Å². The maximum absolute atomic E-state index is 13.1. The van der Waals surface area contributed by atoms with Crippen LogP contribution in [0, 0.1) is 0 Å². The summed E-state index contributed by atoms with van der Waals surface area (Å²) in [4.78, 5) is 13.1. The van der Waals surface area contributed by atoms with Gasteiger partial charge in [0.25, 0.3) is 0 Å². The van der Waals surface area contributed by atoms with Crippen molar-refractivity contribution in [3.63, 3.8) is 0 Å². The molecule has 0 spiro atoms. The fourth-order valence-corrected chi connectivity index (χ4v) is 9.31. The van der Waals surface area contributed by atoms with Crippen molar-refractivity contribution >= 4 is 5.91 Å². The Morgan fingerprint density at radius 3 is 1.26 bits per heavy atom. The van der Waals surface area contributed by atoms with Gasteiger partial charge in [0.2, 0.25) is 5.91 Å². The number of nitrogens with one attached hydrogen (secondary N) is 1. The van der Waals surface area contributed by atoms with E-state index in [1.54, 1.807) is 6.08 Å². The summed E-state index contributed by atoms with van der Waals surface area (Å²) in [5.41, 5.74) is 0. The first-order valence-electron chi connectivity index (χ1n) is 29.2. The number of aliphatic hydroxyl groups is 5. The molecule has 9 heteroatoms. The van der Waals surface area contributed by atoms with Gasteiger partial charge in [0.05, 0.1) is 25.4 Å². The van der Waals surface area contributed by atoms with Crippen LogP contribution < -0.4 is 5.32 Å². The molecule has 7 atom stereocenters. The van der Waals surface area contributed by atoms with E-state index >= 15 is 0 Å². The molecule has 68 heavy (non-hydrogen) atoms. The molecule has 0 aromatic rings. The molecule has 0 bridgehead atoms. The Hall–Kier alpha value is -1.59. The molecule has 1 amide bonds. The van der Waals surface area contributed by atoms with Gasteiger partial charge in [-0.2, -0.15) is 0 Å². The minimum absolute atomic E-state index is 0.174. The van der Waals surface area contributed by atoms with Gasteiger partial charge >= 0.3 is 0 Å². The number of amides is 1. The largest absolute Gasteiger partial charge is 0.394 e. The van der Waals surface area contributed by atoms with Crippen molar-refractivity contribution in [2.24, 2.45) is 0 Å². The summed E-state index contributed by atoms with van der Waals surface area (Å²) < 4.78 is 11.3. The van der Waals surface area contributed by atoms with Gasteiger partial charge in [0.1, 0.15) is 24.4 Å². The first kappa shape index (κ1) is 64.4. The van der Waals surface area contributed by atoms with Gasteiger partial charge in [0.15, 0.2) is 6.29 Å². The number of rotatable bonds is 50. The van der Waals surface area contributed by atoms with Crippen LogP contribution in [0.1, 0.15) is 277 Å². The molecule has 400 valence electrons. The van der Waals surface area contributed by atoms with Crippen molar-refractivity contribution in [1.29, 1.82) is 0 Å². The second-order valence-electron chi connectivity index (χ2n) is 20.4. The van der Waals surface area contributed by atoms with Gasteiger partial charge in [-0.25, -0.2) is 0 Å². The highest BCUT2D eigenvalue weighted by Gasteiger charge is 2.44. The average Bonchev–Trinajstić information content (AvgIpc) is 3.34.